The van der Waals surface area contributed by atoms with Crippen LogP contribution in [0.5, 0.6) is 0 Å². The monoisotopic (exact) mass is 350 g/mol. The van der Waals surface area contributed by atoms with Gasteiger partial charge in [0.1, 0.15) is 0 Å². The van der Waals surface area contributed by atoms with E-state index < -0.39 is 11.7 Å². The number of aryl methyl sites for hydroxylation is 1. The number of benzene rings is 2. The molecule has 1 N–H and O–H groups in total. The number of nitrogens with one attached hydrogen (secondary N) is 1. The number of amides is 1. The number of halogens is 3. The van der Waals surface area contributed by atoms with Crippen molar-refractivity contribution < 1.29 is 18.0 Å². The molecule has 24 heavy (non-hydrogen) atoms. The maximum Gasteiger partial charge on any atom is 0.416 e. The summed E-state index contributed by atoms with van der Waals surface area (Å²) in [6, 6.07) is 9.99. The van der Waals surface area contributed by atoms with Crippen LogP contribution in [0.2, 0.25) is 0 Å². The second kappa shape index (κ2) is 6.24. The van der Waals surface area contributed by atoms with Crippen molar-refractivity contribution in [3.05, 3.63) is 64.2 Å². The second-order valence-corrected chi connectivity index (χ2v) is 6.53. The zero-order valence-corrected chi connectivity index (χ0v) is 13.5. The Balaban J connectivity index is 1.68. The summed E-state index contributed by atoms with van der Waals surface area (Å²) in [5.74, 6) is -0.289. The molecule has 0 aliphatic carbocycles. The number of carbonyl (C=O) groups excluding carboxylic acids is 1. The molecular weight excluding hydrogens is 337 g/mol. The van der Waals surface area contributed by atoms with Gasteiger partial charge in [-0.05, 0) is 42.8 Å². The molecular formula is C17H13F3N2OS. The highest BCUT2D eigenvalue weighted by atomic mass is 32.1. The lowest BCUT2D eigenvalue weighted by Gasteiger charge is -2.08. The molecule has 1 aromatic heterocycles. The Bertz CT molecular complexity index is 885. The molecule has 2 aromatic carbocycles. The third kappa shape index (κ3) is 3.56. The van der Waals surface area contributed by atoms with Crippen LogP contribution >= 0.6 is 11.3 Å². The van der Waals surface area contributed by atoms with E-state index in [1.807, 2.05) is 13.0 Å². The van der Waals surface area contributed by atoms with Gasteiger partial charge in [-0.2, -0.15) is 13.2 Å². The van der Waals surface area contributed by atoms with Gasteiger partial charge in [0.15, 0.2) is 0 Å². The van der Waals surface area contributed by atoms with Gasteiger partial charge in [0.05, 0.1) is 20.8 Å². The summed E-state index contributed by atoms with van der Waals surface area (Å²) in [5.41, 5.74) is 1.13. The Morgan fingerprint density at radius 3 is 2.54 bits per heavy atom. The first-order valence-corrected chi connectivity index (χ1v) is 7.96. The maximum atomic E-state index is 12.5. The molecule has 0 atom stereocenters. The van der Waals surface area contributed by atoms with Crippen LogP contribution in [0.25, 0.3) is 10.2 Å². The summed E-state index contributed by atoms with van der Waals surface area (Å²) >= 11 is 1.55. The van der Waals surface area contributed by atoms with Crippen LogP contribution < -0.4 is 5.32 Å². The largest absolute Gasteiger partial charge is 0.416 e. The molecule has 0 aliphatic heterocycles. The van der Waals surface area contributed by atoms with Crippen molar-refractivity contribution in [3.63, 3.8) is 0 Å². The number of aromatic nitrogens is 1. The molecule has 3 rings (SSSR count). The number of carbonyl (C=O) groups is 1. The number of thiazole rings is 1. The van der Waals surface area contributed by atoms with Crippen LogP contribution in [0.15, 0.2) is 42.5 Å². The van der Waals surface area contributed by atoms with E-state index in [0.717, 1.165) is 27.4 Å². The number of hydrogen-bond acceptors (Lipinski definition) is 3. The molecule has 0 spiro atoms. The van der Waals surface area contributed by atoms with Gasteiger partial charge in [-0.3, -0.25) is 4.79 Å². The predicted molar refractivity (Wildman–Crippen MR) is 87.0 cm³/mol. The highest BCUT2D eigenvalue weighted by molar-refractivity contribution is 7.18. The molecule has 0 radical (unpaired) electrons. The first kappa shape index (κ1) is 16.4. The van der Waals surface area contributed by atoms with Crippen LogP contribution in [0.1, 0.15) is 26.5 Å². The fraction of sp³-hybridized carbons (Fsp3) is 0.176. The van der Waals surface area contributed by atoms with E-state index in [1.165, 1.54) is 12.1 Å². The lowest BCUT2D eigenvalue weighted by molar-refractivity contribution is -0.137. The Morgan fingerprint density at radius 2 is 1.88 bits per heavy atom. The second-order valence-electron chi connectivity index (χ2n) is 5.29. The maximum absolute atomic E-state index is 12.5. The minimum Gasteiger partial charge on any atom is -0.348 e. The zero-order chi connectivity index (χ0) is 17.3. The predicted octanol–water partition coefficient (Wildman–Crippen LogP) is 4.55. The average Bonchev–Trinajstić information content (AvgIpc) is 2.91. The first-order valence-electron chi connectivity index (χ1n) is 7.14. The highest BCUT2D eigenvalue weighted by Crippen LogP contribution is 2.29. The van der Waals surface area contributed by atoms with E-state index in [9.17, 15) is 18.0 Å². The van der Waals surface area contributed by atoms with Gasteiger partial charge in [0, 0.05) is 12.1 Å². The van der Waals surface area contributed by atoms with E-state index >= 15 is 0 Å². The van der Waals surface area contributed by atoms with Crippen LogP contribution in [0, 0.1) is 6.92 Å². The molecule has 0 fully saturated rings. The summed E-state index contributed by atoms with van der Waals surface area (Å²) in [5, 5.41) is 3.62. The molecule has 0 bridgehead atoms. The molecule has 0 unspecified atom stereocenters. The normalized spacial score (nSPS) is 11.7. The lowest BCUT2D eigenvalue weighted by Crippen LogP contribution is -2.22. The number of fused-ring (bicyclic) bond motifs is 1. The average molecular weight is 350 g/mol. The fourth-order valence-corrected chi connectivity index (χ4v) is 3.09. The van der Waals surface area contributed by atoms with Gasteiger partial charge in [-0.25, -0.2) is 4.98 Å². The topological polar surface area (TPSA) is 42.0 Å². The molecule has 7 heteroatoms. The third-order valence-electron chi connectivity index (χ3n) is 3.49. The number of alkyl halides is 3. The Morgan fingerprint density at radius 1 is 1.17 bits per heavy atom. The summed E-state index contributed by atoms with van der Waals surface area (Å²) < 4.78 is 38.5. The van der Waals surface area contributed by atoms with Crippen molar-refractivity contribution in [2.45, 2.75) is 19.6 Å². The van der Waals surface area contributed by atoms with Gasteiger partial charge in [0.25, 0.3) is 5.91 Å². The van der Waals surface area contributed by atoms with Crippen LogP contribution in [-0.4, -0.2) is 10.9 Å². The standard InChI is InChI=1S/C17H13F3N2OS/c1-10-22-14-8-12(4-7-15(14)24-10)16(23)21-9-11-2-5-13(6-3-11)17(18,19)20/h2-8H,9H2,1H3,(H,21,23). The van der Waals surface area contributed by atoms with E-state index in [2.05, 4.69) is 10.3 Å². The van der Waals surface area contributed by atoms with Gasteiger partial charge in [-0.15, -0.1) is 11.3 Å². The fourth-order valence-electron chi connectivity index (χ4n) is 2.28. The molecule has 0 saturated carbocycles. The Kier molecular flexibility index (Phi) is 4.28. The van der Waals surface area contributed by atoms with Crippen molar-refractivity contribution in [1.82, 2.24) is 10.3 Å². The van der Waals surface area contributed by atoms with E-state index in [4.69, 9.17) is 0 Å². The number of nitrogens with zero attached hydrogens (tertiary/aromatic N) is 1. The van der Waals surface area contributed by atoms with Crippen molar-refractivity contribution in [1.29, 1.82) is 0 Å². The Hall–Kier alpha value is -2.41. The van der Waals surface area contributed by atoms with Crippen molar-refractivity contribution >= 4 is 27.5 Å². The molecule has 3 aromatic rings. The van der Waals surface area contributed by atoms with Gasteiger partial charge >= 0.3 is 6.18 Å². The van der Waals surface area contributed by atoms with Crippen LogP contribution in [0.4, 0.5) is 13.2 Å². The summed E-state index contributed by atoms with van der Waals surface area (Å²) in [6.45, 7) is 2.06. The summed E-state index contributed by atoms with van der Waals surface area (Å²) in [4.78, 5) is 16.5. The number of rotatable bonds is 3. The third-order valence-corrected chi connectivity index (χ3v) is 4.44. The lowest BCUT2D eigenvalue weighted by atomic mass is 10.1. The molecule has 124 valence electrons. The molecule has 1 amide bonds. The zero-order valence-electron chi connectivity index (χ0n) is 12.6. The van der Waals surface area contributed by atoms with E-state index in [-0.39, 0.29) is 12.5 Å². The van der Waals surface area contributed by atoms with Gasteiger partial charge < -0.3 is 5.32 Å². The van der Waals surface area contributed by atoms with Crippen molar-refractivity contribution in [2.24, 2.45) is 0 Å². The molecule has 3 nitrogen and oxygen atoms in total. The van der Waals surface area contributed by atoms with Crippen LogP contribution in [0.3, 0.4) is 0 Å². The van der Waals surface area contributed by atoms with E-state index in [0.29, 0.717) is 11.1 Å². The van der Waals surface area contributed by atoms with Crippen molar-refractivity contribution in [2.75, 3.05) is 0 Å². The number of hydrogen-bond donors (Lipinski definition) is 1. The SMILES string of the molecule is Cc1nc2cc(C(=O)NCc3ccc(C(F)(F)F)cc3)ccc2s1. The molecule has 0 saturated heterocycles. The Labute approximate surface area is 140 Å². The minimum absolute atomic E-state index is 0.158. The summed E-state index contributed by atoms with van der Waals surface area (Å²) in [6.07, 6.45) is -4.36. The first-order chi connectivity index (χ1) is 11.3. The van der Waals surface area contributed by atoms with Crippen molar-refractivity contribution in [3.8, 4) is 0 Å². The highest BCUT2D eigenvalue weighted by Gasteiger charge is 2.29. The van der Waals surface area contributed by atoms with Crippen LogP contribution in [-0.2, 0) is 12.7 Å². The van der Waals surface area contributed by atoms with Gasteiger partial charge in [0.2, 0.25) is 0 Å². The minimum atomic E-state index is -4.36. The smallest absolute Gasteiger partial charge is 0.348 e. The molecule has 0 aliphatic rings. The quantitative estimate of drug-likeness (QED) is 0.753. The summed E-state index contributed by atoms with van der Waals surface area (Å²) in [7, 11) is 0. The molecule has 1 heterocycles. The van der Waals surface area contributed by atoms with Gasteiger partial charge in [-0.1, -0.05) is 12.1 Å². The van der Waals surface area contributed by atoms with E-state index in [1.54, 1.807) is 23.5 Å².